The third kappa shape index (κ3) is 4.23. The van der Waals surface area contributed by atoms with Gasteiger partial charge in [-0.3, -0.25) is 4.79 Å². The fourth-order valence-corrected chi connectivity index (χ4v) is 2.42. The van der Waals surface area contributed by atoms with Gasteiger partial charge in [0.05, 0.1) is 5.69 Å². The fourth-order valence-electron chi connectivity index (χ4n) is 2.42. The van der Waals surface area contributed by atoms with Gasteiger partial charge in [-0.1, -0.05) is 46.2 Å². The predicted octanol–water partition coefficient (Wildman–Crippen LogP) is 4.50. The van der Waals surface area contributed by atoms with Gasteiger partial charge in [0.15, 0.2) is 0 Å². The van der Waals surface area contributed by atoms with E-state index in [4.69, 9.17) is 5.73 Å². The lowest BCUT2D eigenvalue weighted by molar-refractivity contribution is 0.103. The third-order valence-corrected chi connectivity index (χ3v) is 3.55. The Morgan fingerprint density at radius 3 is 2.50 bits per heavy atom. The first-order valence-electron chi connectivity index (χ1n) is 7.96. The number of unbranched alkanes of at least 4 members (excludes halogenated alkanes) is 1. The highest BCUT2D eigenvalue weighted by atomic mass is 16.1. The van der Waals surface area contributed by atoms with Gasteiger partial charge in [0.2, 0.25) is 5.78 Å². The number of benzene rings is 1. The molecule has 0 aliphatic heterocycles. The molecule has 0 unspecified atom stereocenters. The Morgan fingerprint density at radius 1 is 1.18 bits per heavy atom. The number of aryl methyl sites for hydroxylation is 1. The number of aromatic nitrogens is 1. The van der Waals surface area contributed by atoms with Crippen molar-refractivity contribution in [3.05, 3.63) is 60.3 Å². The van der Waals surface area contributed by atoms with Gasteiger partial charge in [-0.2, -0.15) is 0 Å². The molecule has 0 atom stereocenters. The highest BCUT2D eigenvalue weighted by Crippen LogP contribution is 2.17. The summed E-state index contributed by atoms with van der Waals surface area (Å²) < 4.78 is 2.15. The second-order valence-electron chi connectivity index (χ2n) is 5.02. The monoisotopic (exact) mass is 299 g/mol. The highest BCUT2D eigenvalue weighted by Gasteiger charge is 2.16. The smallest absolute Gasteiger partial charge is 0.209 e. The van der Waals surface area contributed by atoms with E-state index in [2.05, 4.69) is 31.4 Å². The van der Waals surface area contributed by atoms with Crippen molar-refractivity contribution in [2.45, 2.75) is 46.6 Å². The molecule has 1 radical (unpaired) electrons. The van der Waals surface area contributed by atoms with Crippen LogP contribution in [0.15, 0.2) is 36.4 Å². The van der Waals surface area contributed by atoms with Crippen LogP contribution in [-0.2, 0) is 13.0 Å². The second kappa shape index (κ2) is 9.08. The molecule has 119 valence electrons. The van der Waals surface area contributed by atoms with Gasteiger partial charge >= 0.3 is 0 Å². The summed E-state index contributed by atoms with van der Waals surface area (Å²) in [5.41, 5.74) is 9.02. The number of nitrogen functional groups attached to an aromatic ring is 1. The molecule has 1 aromatic heterocycles. The maximum atomic E-state index is 12.6. The van der Waals surface area contributed by atoms with E-state index >= 15 is 0 Å². The number of nitrogens with zero attached hydrogens (tertiary/aromatic N) is 1. The first-order chi connectivity index (χ1) is 10.7. The summed E-state index contributed by atoms with van der Waals surface area (Å²) in [4.78, 5) is 12.6. The first kappa shape index (κ1) is 18.0. The number of carbonyl (C=O) groups excluding carboxylic acids is 1. The van der Waals surface area contributed by atoms with Gasteiger partial charge < -0.3 is 10.3 Å². The topological polar surface area (TPSA) is 48.0 Å². The molecule has 0 aliphatic rings. The van der Waals surface area contributed by atoms with Crippen LogP contribution in [0.2, 0.25) is 0 Å². The molecule has 0 fully saturated rings. The summed E-state index contributed by atoms with van der Waals surface area (Å²) in [7, 11) is 0. The molecule has 0 spiro atoms. The van der Waals surface area contributed by atoms with Gasteiger partial charge in [-0.25, -0.2) is 0 Å². The number of rotatable bonds is 6. The van der Waals surface area contributed by atoms with Crippen LogP contribution in [0.1, 0.15) is 55.4 Å². The average Bonchev–Trinajstić information content (AvgIpc) is 2.96. The molecule has 1 aromatic carbocycles. The molecule has 0 bridgehead atoms. The summed E-state index contributed by atoms with van der Waals surface area (Å²) in [6, 6.07) is 11.2. The molecular formula is C19H27N2O. The average molecular weight is 299 g/mol. The van der Waals surface area contributed by atoms with Gasteiger partial charge in [0.1, 0.15) is 0 Å². The van der Waals surface area contributed by atoms with Crippen molar-refractivity contribution in [1.82, 2.24) is 4.57 Å². The standard InChI is InChI=1S/C17H22N2O.C2H5/c1-3-5-11-19-15(4-2)9-10-16(19)17(20)13-7-6-8-14(18)12-13;1-2/h6-10,12H,3-5,11,18H2,1-2H3;1H2,2H3. The van der Waals surface area contributed by atoms with Crippen molar-refractivity contribution in [3.63, 3.8) is 0 Å². The van der Waals surface area contributed by atoms with Crippen LogP contribution < -0.4 is 5.73 Å². The van der Waals surface area contributed by atoms with Crippen molar-refractivity contribution in [2.24, 2.45) is 0 Å². The zero-order chi connectivity index (χ0) is 16.5. The van der Waals surface area contributed by atoms with E-state index in [1.165, 1.54) is 5.69 Å². The van der Waals surface area contributed by atoms with Gasteiger partial charge in [0.25, 0.3) is 0 Å². The number of nitrogens with two attached hydrogens (primary N) is 1. The lowest BCUT2D eigenvalue weighted by Gasteiger charge is -2.12. The summed E-state index contributed by atoms with van der Waals surface area (Å²) >= 11 is 0. The molecule has 22 heavy (non-hydrogen) atoms. The van der Waals surface area contributed by atoms with Crippen LogP contribution in [0.4, 0.5) is 5.69 Å². The quantitative estimate of drug-likeness (QED) is 0.630. The molecular weight excluding hydrogens is 272 g/mol. The minimum atomic E-state index is 0.0492. The van der Waals surface area contributed by atoms with Gasteiger partial charge in [-0.15, -0.1) is 0 Å². The van der Waals surface area contributed by atoms with Crippen molar-refractivity contribution >= 4 is 11.5 Å². The molecule has 2 N–H and O–H groups in total. The van der Waals surface area contributed by atoms with Gasteiger partial charge in [-0.05, 0) is 37.1 Å². The first-order valence-corrected chi connectivity index (χ1v) is 7.96. The van der Waals surface area contributed by atoms with E-state index in [0.29, 0.717) is 11.3 Å². The molecule has 0 saturated heterocycles. The van der Waals surface area contributed by atoms with E-state index in [-0.39, 0.29) is 5.78 Å². The zero-order valence-corrected chi connectivity index (χ0v) is 13.9. The SMILES string of the molecule is CCCCn1c(CC)ccc1C(=O)c1cccc(N)c1.[CH2]C. The van der Waals surface area contributed by atoms with Crippen molar-refractivity contribution in [3.8, 4) is 0 Å². The van der Waals surface area contributed by atoms with Gasteiger partial charge in [0, 0.05) is 23.5 Å². The van der Waals surface area contributed by atoms with Crippen LogP contribution in [0.25, 0.3) is 0 Å². The Bertz CT molecular complexity index is 599. The predicted molar refractivity (Wildman–Crippen MR) is 94.0 cm³/mol. The summed E-state index contributed by atoms with van der Waals surface area (Å²) in [5, 5.41) is 0. The fraction of sp³-hybridized carbons (Fsp3) is 0.368. The van der Waals surface area contributed by atoms with Crippen LogP contribution >= 0.6 is 0 Å². The maximum absolute atomic E-state index is 12.6. The second-order valence-corrected chi connectivity index (χ2v) is 5.02. The number of hydrogen-bond donors (Lipinski definition) is 1. The Labute approximate surface area is 134 Å². The lowest BCUT2D eigenvalue weighted by atomic mass is 10.1. The molecule has 0 aliphatic carbocycles. The number of ketones is 1. The van der Waals surface area contributed by atoms with Crippen molar-refractivity contribution < 1.29 is 4.79 Å². The van der Waals surface area contributed by atoms with E-state index < -0.39 is 0 Å². The lowest BCUT2D eigenvalue weighted by Crippen LogP contribution is -2.12. The van der Waals surface area contributed by atoms with Crippen LogP contribution in [-0.4, -0.2) is 10.4 Å². The normalized spacial score (nSPS) is 10.0. The van der Waals surface area contributed by atoms with Crippen LogP contribution in [0, 0.1) is 6.92 Å². The Balaban J connectivity index is 0.00000116. The largest absolute Gasteiger partial charge is 0.399 e. The number of anilines is 1. The van der Waals surface area contributed by atoms with E-state index in [0.717, 1.165) is 31.5 Å². The zero-order valence-electron chi connectivity index (χ0n) is 13.9. The van der Waals surface area contributed by atoms with E-state index in [9.17, 15) is 4.79 Å². The highest BCUT2D eigenvalue weighted by molar-refractivity contribution is 6.08. The van der Waals surface area contributed by atoms with Crippen molar-refractivity contribution in [1.29, 1.82) is 0 Å². The van der Waals surface area contributed by atoms with Crippen molar-refractivity contribution in [2.75, 3.05) is 5.73 Å². The van der Waals surface area contributed by atoms with E-state index in [1.807, 2.05) is 18.2 Å². The number of carbonyl (C=O) groups is 1. The molecule has 3 nitrogen and oxygen atoms in total. The summed E-state index contributed by atoms with van der Waals surface area (Å²) in [6.45, 7) is 10.2. The molecule has 1 heterocycles. The molecule has 3 heteroatoms. The molecule has 2 aromatic rings. The minimum Gasteiger partial charge on any atom is -0.399 e. The Hall–Kier alpha value is -2.03. The molecule has 0 amide bonds. The summed E-state index contributed by atoms with van der Waals surface area (Å²) in [6.07, 6.45) is 3.14. The van der Waals surface area contributed by atoms with E-state index in [1.54, 1.807) is 19.1 Å². The Kier molecular flexibility index (Phi) is 7.44. The Morgan fingerprint density at radius 2 is 1.91 bits per heavy atom. The minimum absolute atomic E-state index is 0.0492. The summed E-state index contributed by atoms with van der Waals surface area (Å²) in [5.74, 6) is 0.0492. The molecule has 0 saturated carbocycles. The maximum Gasteiger partial charge on any atom is 0.209 e. The van der Waals surface area contributed by atoms with Crippen LogP contribution in [0.5, 0.6) is 0 Å². The number of hydrogen-bond acceptors (Lipinski definition) is 2. The molecule has 2 rings (SSSR count). The van der Waals surface area contributed by atoms with Crippen LogP contribution in [0.3, 0.4) is 0 Å². The third-order valence-electron chi connectivity index (χ3n) is 3.55.